The van der Waals surface area contributed by atoms with E-state index >= 15 is 0 Å². The van der Waals surface area contributed by atoms with Crippen molar-refractivity contribution in [2.24, 2.45) is 0 Å². The summed E-state index contributed by atoms with van der Waals surface area (Å²) < 4.78 is 1.78. The molecule has 19 heavy (non-hydrogen) atoms. The van der Waals surface area contributed by atoms with Crippen LogP contribution < -0.4 is 4.90 Å². The number of fused-ring (bicyclic) bond motifs is 1. The molecule has 0 aromatic carbocycles. The maximum absolute atomic E-state index is 6.21. The van der Waals surface area contributed by atoms with Crippen LogP contribution in [0.4, 0.5) is 5.82 Å². The van der Waals surface area contributed by atoms with E-state index in [0.29, 0.717) is 10.9 Å². The zero-order valence-corrected chi connectivity index (χ0v) is 11.9. The van der Waals surface area contributed by atoms with Crippen molar-refractivity contribution in [2.45, 2.75) is 13.3 Å². The highest BCUT2D eigenvalue weighted by Gasteiger charge is 2.20. The number of halogens is 1. The van der Waals surface area contributed by atoms with Crippen LogP contribution in [0.15, 0.2) is 6.33 Å². The first-order chi connectivity index (χ1) is 9.16. The molecule has 2 aromatic rings. The average Bonchev–Trinajstić information content (AvgIpc) is 2.72. The van der Waals surface area contributed by atoms with E-state index in [4.69, 9.17) is 11.6 Å². The molecule has 2 aromatic heterocycles. The van der Waals surface area contributed by atoms with Crippen LogP contribution in [-0.4, -0.2) is 57.7 Å². The van der Waals surface area contributed by atoms with Crippen molar-refractivity contribution in [3.05, 3.63) is 17.0 Å². The Morgan fingerprint density at radius 3 is 2.89 bits per heavy atom. The summed E-state index contributed by atoms with van der Waals surface area (Å²) in [5.74, 6) is 1.58. The molecule has 3 rings (SSSR count). The minimum Gasteiger partial charge on any atom is -0.355 e. The van der Waals surface area contributed by atoms with Crippen molar-refractivity contribution in [2.75, 3.05) is 38.1 Å². The lowest BCUT2D eigenvalue weighted by atomic mass is 10.3. The van der Waals surface area contributed by atoms with Crippen LogP contribution in [0.5, 0.6) is 0 Å². The summed E-state index contributed by atoms with van der Waals surface area (Å²) in [4.78, 5) is 13.1. The Hall–Kier alpha value is -1.40. The maximum Gasteiger partial charge on any atom is 0.255 e. The fraction of sp³-hybridized carbons (Fsp3) is 0.583. The predicted octanol–water partition coefficient (Wildman–Crippen LogP) is 1.23. The molecule has 1 aliphatic heterocycles. The summed E-state index contributed by atoms with van der Waals surface area (Å²) in [6.45, 7) is 6.11. The van der Waals surface area contributed by atoms with Crippen LogP contribution in [0.3, 0.4) is 0 Å². The fourth-order valence-electron chi connectivity index (χ4n) is 2.51. The van der Waals surface area contributed by atoms with Gasteiger partial charge in [-0.15, -0.1) is 0 Å². The van der Waals surface area contributed by atoms with Crippen LogP contribution >= 0.6 is 11.6 Å². The molecule has 0 saturated carbocycles. The van der Waals surface area contributed by atoms with E-state index < -0.39 is 0 Å². The number of nitrogens with zero attached hydrogens (tertiary/aromatic N) is 6. The Kier molecular flexibility index (Phi) is 3.28. The lowest BCUT2D eigenvalue weighted by Crippen LogP contribution is -2.31. The number of anilines is 1. The third-order valence-electron chi connectivity index (χ3n) is 3.59. The number of hydrogen-bond donors (Lipinski definition) is 0. The van der Waals surface area contributed by atoms with Crippen molar-refractivity contribution in [3.8, 4) is 0 Å². The lowest BCUT2D eigenvalue weighted by molar-refractivity contribution is 0.360. The SMILES string of the molecule is Cc1c(Cl)nc2ncnn2c1N1CCCN(C)CC1. The third kappa shape index (κ3) is 2.26. The van der Waals surface area contributed by atoms with Gasteiger partial charge in [0.25, 0.3) is 5.78 Å². The second-order valence-corrected chi connectivity index (χ2v) is 5.32. The Morgan fingerprint density at radius 2 is 2.05 bits per heavy atom. The van der Waals surface area contributed by atoms with Gasteiger partial charge < -0.3 is 9.80 Å². The van der Waals surface area contributed by atoms with Crippen LogP contribution in [-0.2, 0) is 0 Å². The van der Waals surface area contributed by atoms with Gasteiger partial charge in [-0.25, -0.2) is 0 Å². The molecule has 0 aliphatic carbocycles. The first-order valence-electron chi connectivity index (χ1n) is 6.46. The average molecular weight is 281 g/mol. The van der Waals surface area contributed by atoms with Gasteiger partial charge in [0.2, 0.25) is 0 Å². The van der Waals surface area contributed by atoms with Crippen molar-refractivity contribution in [3.63, 3.8) is 0 Å². The Bertz CT molecular complexity index is 595. The summed E-state index contributed by atoms with van der Waals surface area (Å²) in [5.41, 5.74) is 0.962. The smallest absolute Gasteiger partial charge is 0.255 e. The van der Waals surface area contributed by atoms with Crippen molar-refractivity contribution >= 4 is 23.2 Å². The molecule has 0 atom stereocenters. The topological polar surface area (TPSA) is 49.6 Å². The van der Waals surface area contributed by atoms with E-state index in [2.05, 4.69) is 31.9 Å². The molecule has 0 amide bonds. The minimum atomic E-state index is 0.508. The Balaban J connectivity index is 2.07. The second kappa shape index (κ2) is 4.94. The molecule has 0 spiro atoms. The van der Waals surface area contributed by atoms with Gasteiger partial charge in [0, 0.05) is 25.2 Å². The maximum atomic E-state index is 6.21. The summed E-state index contributed by atoms with van der Waals surface area (Å²) in [6, 6.07) is 0. The van der Waals surface area contributed by atoms with Gasteiger partial charge in [0.1, 0.15) is 17.3 Å². The van der Waals surface area contributed by atoms with E-state index in [1.54, 1.807) is 4.52 Å². The second-order valence-electron chi connectivity index (χ2n) is 4.97. The van der Waals surface area contributed by atoms with Crippen LogP contribution in [0.1, 0.15) is 12.0 Å². The molecule has 6 nitrogen and oxygen atoms in total. The largest absolute Gasteiger partial charge is 0.355 e. The molecular formula is C12H17ClN6. The molecule has 1 saturated heterocycles. The highest BCUT2D eigenvalue weighted by Crippen LogP contribution is 2.26. The molecule has 0 bridgehead atoms. The molecule has 102 valence electrons. The first kappa shape index (κ1) is 12.6. The van der Waals surface area contributed by atoms with Gasteiger partial charge in [-0.1, -0.05) is 11.6 Å². The molecule has 3 heterocycles. The highest BCUT2D eigenvalue weighted by molar-refractivity contribution is 6.30. The number of aromatic nitrogens is 4. The van der Waals surface area contributed by atoms with Crippen LogP contribution in [0.25, 0.3) is 5.78 Å². The van der Waals surface area contributed by atoms with Crippen molar-refractivity contribution in [1.82, 2.24) is 24.5 Å². The van der Waals surface area contributed by atoms with Gasteiger partial charge in [-0.05, 0) is 26.9 Å². The van der Waals surface area contributed by atoms with Gasteiger partial charge in [-0.3, -0.25) is 0 Å². The number of hydrogen-bond acceptors (Lipinski definition) is 5. The highest BCUT2D eigenvalue weighted by atomic mass is 35.5. The molecule has 7 heteroatoms. The third-order valence-corrected chi connectivity index (χ3v) is 3.96. The summed E-state index contributed by atoms with van der Waals surface area (Å²) in [6.07, 6.45) is 2.65. The van der Waals surface area contributed by atoms with Gasteiger partial charge in [0.15, 0.2) is 0 Å². The monoisotopic (exact) mass is 280 g/mol. The van der Waals surface area contributed by atoms with Crippen molar-refractivity contribution < 1.29 is 0 Å². The van der Waals surface area contributed by atoms with Crippen LogP contribution in [0, 0.1) is 6.92 Å². The first-order valence-corrected chi connectivity index (χ1v) is 6.84. The van der Waals surface area contributed by atoms with Crippen molar-refractivity contribution in [1.29, 1.82) is 0 Å². The standard InChI is InChI=1S/C12H17ClN6/c1-9-10(13)16-12-14-8-15-19(12)11(9)18-5-3-4-17(2)6-7-18/h8H,3-7H2,1-2H3. The van der Waals surface area contributed by atoms with Crippen LogP contribution in [0.2, 0.25) is 5.15 Å². The zero-order valence-electron chi connectivity index (χ0n) is 11.2. The van der Waals surface area contributed by atoms with E-state index in [1.165, 1.54) is 6.33 Å². The minimum absolute atomic E-state index is 0.508. The molecule has 0 radical (unpaired) electrons. The number of likely N-dealkylation sites (N-methyl/N-ethyl adjacent to an activating group) is 1. The zero-order chi connectivity index (χ0) is 13.4. The van der Waals surface area contributed by atoms with E-state index in [1.807, 2.05) is 6.92 Å². The lowest BCUT2D eigenvalue weighted by Gasteiger charge is -2.24. The molecule has 1 fully saturated rings. The number of rotatable bonds is 1. The van der Waals surface area contributed by atoms with Gasteiger partial charge >= 0.3 is 0 Å². The van der Waals surface area contributed by atoms with Gasteiger partial charge in [-0.2, -0.15) is 19.6 Å². The van der Waals surface area contributed by atoms with E-state index in [0.717, 1.165) is 44.0 Å². The van der Waals surface area contributed by atoms with E-state index in [9.17, 15) is 0 Å². The fourth-order valence-corrected chi connectivity index (χ4v) is 2.67. The summed E-state index contributed by atoms with van der Waals surface area (Å²) >= 11 is 6.21. The van der Waals surface area contributed by atoms with Gasteiger partial charge in [0.05, 0.1) is 0 Å². The Morgan fingerprint density at radius 1 is 1.21 bits per heavy atom. The predicted molar refractivity (Wildman–Crippen MR) is 74.9 cm³/mol. The molecule has 0 N–H and O–H groups in total. The van der Waals surface area contributed by atoms with E-state index in [-0.39, 0.29) is 0 Å². The molecule has 0 unspecified atom stereocenters. The quantitative estimate of drug-likeness (QED) is 0.736. The summed E-state index contributed by atoms with van der Waals surface area (Å²) in [7, 11) is 2.15. The molecule has 1 aliphatic rings. The summed E-state index contributed by atoms with van der Waals surface area (Å²) in [5, 5.41) is 4.78. The normalized spacial score (nSPS) is 17.9. The Labute approximate surface area is 117 Å². The molecular weight excluding hydrogens is 264 g/mol.